The van der Waals surface area contributed by atoms with Crippen molar-refractivity contribution in [2.24, 2.45) is 16.2 Å². The molecule has 0 heterocycles. The molecule has 2 unspecified atom stereocenters. The van der Waals surface area contributed by atoms with Crippen LogP contribution in [0.4, 0.5) is 0 Å². The average Bonchev–Trinajstić information content (AvgIpc) is 2.70. The minimum Gasteiger partial charge on any atom is -0.411 e. The van der Waals surface area contributed by atoms with Crippen LogP contribution in [0.25, 0.3) is 0 Å². The minimum atomic E-state index is -1.58. The molecule has 1 fully saturated rings. The van der Waals surface area contributed by atoms with Gasteiger partial charge in [0, 0.05) is 11.5 Å². The summed E-state index contributed by atoms with van der Waals surface area (Å²) in [4.78, 5) is 0. The molecule has 25 heavy (non-hydrogen) atoms. The fourth-order valence-corrected chi connectivity index (χ4v) is 3.71. The first-order valence-electron chi connectivity index (χ1n) is 8.48. The number of nitrogens with zero attached hydrogens (tertiary/aromatic N) is 2. The highest BCUT2D eigenvalue weighted by atomic mass is 16.4. The summed E-state index contributed by atoms with van der Waals surface area (Å²) < 4.78 is 0. The van der Waals surface area contributed by atoms with Crippen LogP contribution in [-0.4, -0.2) is 26.9 Å². The lowest BCUT2D eigenvalue weighted by Gasteiger charge is -2.39. The van der Waals surface area contributed by atoms with Crippen molar-refractivity contribution in [3.8, 4) is 0 Å². The number of oxime groups is 2. The highest BCUT2D eigenvalue weighted by Gasteiger charge is 2.47. The van der Waals surface area contributed by atoms with Crippen LogP contribution < -0.4 is 0 Å². The van der Waals surface area contributed by atoms with Gasteiger partial charge in [0.15, 0.2) is 0 Å². The minimum absolute atomic E-state index is 0.160. The fourth-order valence-electron chi connectivity index (χ4n) is 3.71. The van der Waals surface area contributed by atoms with Gasteiger partial charge in [-0.25, -0.2) is 0 Å². The SMILES string of the molecule is O/N=C1\CCCCC1C(O)(/C(=N/O)c1ccccc1)c1ccccc1. The first-order chi connectivity index (χ1) is 12.2. The van der Waals surface area contributed by atoms with Gasteiger partial charge in [0.2, 0.25) is 0 Å². The van der Waals surface area contributed by atoms with Crippen LogP contribution in [0.5, 0.6) is 0 Å². The highest BCUT2D eigenvalue weighted by Crippen LogP contribution is 2.40. The van der Waals surface area contributed by atoms with Crippen LogP contribution in [0.2, 0.25) is 0 Å². The lowest BCUT2D eigenvalue weighted by Crippen LogP contribution is -2.48. The second-order valence-corrected chi connectivity index (χ2v) is 6.34. The summed E-state index contributed by atoms with van der Waals surface area (Å²) in [7, 11) is 0. The van der Waals surface area contributed by atoms with Gasteiger partial charge in [-0.2, -0.15) is 0 Å². The number of aliphatic hydroxyl groups is 1. The number of hydrogen-bond acceptors (Lipinski definition) is 5. The molecule has 0 spiro atoms. The molecule has 0 saturated heterocycles. The Hall–Kier alpha value is -2.66. The molecule has 3 N–H and O–H groups in total. The van der Waals surface area contributed by atoms with Crippen molar-refractivity contribution < 1.29 is 15.5 Å². The van der Waals surface area contributed by atoms with Gasteiger partial charge in [0.1, 0.15) is 11.3 Å². The topological polar surface area (TPSA) is 85.4 Å². The summed E-state index contributed by atoms with van der Waals surface area (Å²) >= 11 is 0. The van der Waals surface area contributed by atoms with Gasteiger partial charge >= 0.3 is 0 Å². The summed E-state index contributed by atoms with van der Waals surface area (Å²) in [6, 6.07) is 18.2. The molecular weight excluding hydrogens is 316 g/mol. The van der Waals surface area contributed by atoms with E-state index in [-0.39, 0.29) is 5.71 Å². The molecule has 0 amide bonds. The third-order valence-electron chi connectivity index (χ3n) is 4.93. The van der Waals surface area contributed by atoms with Crippen LogP contribution in [-0.2, 0) is 5.60 Å². The molecule has 0 aliphatic heterocycles. The second-order valence-electron chi connectivity index (χ2n) is 6.34. The van der Waals surface area contributed by atoms with Crippen LogP contribution >= 0.6 is 0 Å². The zero-order valence-electron chi connectivity index (χ0n) is 13.9. The van der Waals surface area contributed by atoms with Crippen molar-refractivity contribution in [2.45, 2.75) is 31.3 Å². The van der Waals surface area contributed by atoms with E-state index in [4.69, 9.17) is 0 Å². The quantitative estimate of drug-likeness (QED) is 0.450. The van der Waals surface area contributed by atoms with Gasteiger partial charge in [-0.05, 0) is 24.8 Å². The maximum atomic E-state index is 11.8. The molecule has 2 aromatic rings. The van der Waals surface area contributed by atoms with Crippen molar-refractivity contribution >= 4 is 11.4 Å². The van der Waals surface area contributed by atoms with E-state index in [1.54, 1.807) is 24.3 Å². The van der Waals surface area contributed by atoms with Crippen LogP contribution in [0.3, 0.4) is 0 Å². The van der Waals surface area contributed by atoms with Crippen molar-refractivity contribution in [3.63, 3.8) is 0 Å². The number of rotatable bonds is 4. The lowest BCUT2D eigenvalue weighted by molar-refractivity contribution is 0.0606. The molecule has 0 radical (unpaired) electrons. The van der Waals surface area contributed by atoms with Crippen molar-refractivity contribution in [3.05, 3.63) is 71.8 Å². The fraction of sp³-hybridized carbons (Fsp3) is 0.300. The Morgan fingerprint density at radius 1 is 0.920 bits per heavy atom. The Morgan fingerprint density at radius 3 is 2.16 bits per heavy atom. The van der Waals surface area contributed by atoms with E-state index in [1.807, 2.05) is 36.4 Å². The predicted molar refractivity (Wildman–Crippen MR) is 96.3 cm³/mol. The Morgan fingerprint density at radius 2 is 1.56 bits per heavy atom. The summed E-state index contributed by atoms with van der Waals surface area (Å²) in [6.45, 7) is 0. The molecule has 3 rings (SSSR count). The maximum absolute atomic E-state index is 11.8. The van der Waals surface area contributed by atoms with Gasteiger partial charge < -0.3 is 15.5 Å². The van der Waals surface area contributed by atoms with E-state index in [2.05, 4.69) is 10.3 Å². The molecule has 2 atom stereocenters. The van der Waals surface area contributed by atoms with E-state index in [0.29, 0.717) is 29.7 Å². The monoisotopic (exact) mass is 338 g/mol. The number of hydrogen-bond donors (Lipinski definition) is 3. The Kier molecular flexibility index (Phi) is 5.14. The molecule has 130 valence electrons. The molecule has 1 aliphatic rings. The van der Waals surface area contributed by atoms with Gasteiger partial charge in [-0.1, -0.05) is 77.4 Å². The van der Waals surface area contributed by atoms with Gasteiger partial charge in [-0.15, -0.1) is 0 Å². The normalized spacial score (nSPS) is 22.5. The first-order valence-corrected chi connectivity index (χ1v) is 8.48. The molecule has 0 bridgehead atoms. The third kappa shape index (κ3) is 3.15. The Bertz CT molecular complexity index is 759. The Labute approximate surface area is 146 Å². The van der Waals surface area contributed by atoms with E-state index >= 15 is 0 Å². The highest BCUT2D eigenvalue weighted by molar-refractivity contribution is 6.09. The van der Waals surface area contributed by atoms with Crippen LogP contribution in [0, 0.1) is 5.92 Å². The smallest absolute Gasteiger partial charge is 0.143 e. The molecule has 2 aromatic carbocycles. The summed E-state index contributed by atoms with van der Waals surface area (Å²) in [5, 5.41) is 38.0. The van der Waals surface area contributed by atoms with Gasteiger partial charge in [-0.3, -0.25) is 0 Å². The predicted octanol–water partition coefficient (Wildman–Crippen LogP) is 3.77. The van der Waals surface area contributed by atoms with Crippen LogP contribution in [0.1, 0.15) is 36.8 Å². The molecular formula is C20H22N2O3. The largest absolute Gasteiger partial charge is 0.411 e. The van der Waals surface area contributed by atoms with E-state index in [9.17, 15) is 15.5 Å². The molecule has 1 saturated carbocycles. The van der Waals surface area contributed by atoms with Crippen molar-refractivity contribution in [2.75, 3.05) is 0 Å². The zero-order valence-corrected chi connectivity index (χ0v) is 13.9. The van der Waals surface area contributed by atoms with Gasteiger partial charge in [0.25, 0.3) is 0 Å². The van der Waals surface area contributed by atoms with E-state index in [1.165, 1.54) is 0 Å². The maximum Gasteiger partial charge on any atom is 0.143 e. The van der Waals surface area contributed by atoms with Crippen LogP contribution in [0.15, 0.2) is 71.0 Å². The van der Waals surface area contributed by atoms with Crippen molar-refractivity contribution in [1.29, 1.82) is 0 Å². The summed E-state index contributed by atoms with van der Waals surface area (Å²) in [5.41, 5.74) is 0.347. The average molecular weight is 338 g/mol. The summed E-state index contributed by atoms with van der Waals surface area (Å²) in [6.07, 6.45) is 3.09. The third-order valence-corrected chi connectivity index (χ3v) is 4.93. The van der Waals surface area contributed by atoms with E-state index in [0.717, 1.165) is 12.8 Å². The molecule has 0 aromatic heterocycles. The van der Waals surface area contributed by atoms with Gasteiger partial charge in [0.05, 0.1) is 5.71 Å². The first kappa shape index (κ1) is 17.2. The molecule has 1 aliphatic carbocycles. The van der Waals surface area contributed by atoms with E-state index < -0.39 is 11.5 Å². The molecule has 5 heteroatoms. The lowest BCUT2D eigenvalue weighted by atomic mass is 9.68. The standard InChI is InChI=1S/C20H22N2O3/c23-20(16-11-5-2-6-12-16,17-13-7-8-14-18(17)21-24)19(22-25)15-9-3-1-4-10-15/h1-6,9-12,17,23-25H,7-8,13-14H2/b21-18+,22-19+. The van der Waals surface area contributed by atoms with Crippen molar-refractivity contribution in [1.82, 2.24) is 0 Å². The zero-order chi connectivity index (χ0) is 17.7. The molecule has 5 nitrogen and oxygen atoms in total. The number of benzene rings is 2. The summed E-state index contributed by atoms with van der Waals surface area (Å²) in [5.74, 6) is -0.459. The Balaban J connectivity index is 2.19. The second kappa shape index (κ2) is 7.49.